The number of hydrogen-bond acceptors (Lipinski definition) is 3. The summed E-state index contributed by atoms with van der Waals surface area (Å²) in [6.07, 6.45) is 1.14. The van der Waals surface area contributed by atoms with Crippen molar-refractivity contribution in [2.24, 2.45) is 5.92 Å². The minimum absolute atomic E-state index is 0.206. The van der Waals surface area contributed by atoms with Crippen molar-refractivity contribution in [2.45, 2.75) is 32.9 Å². The van der Waals surface area contributed by atoms with Crippen molar-refractivity contribution in [1.29, 1.82) is 0 Å². The summed E-state index contributed by atoms with van der Waals surface area (Å²) in [5.41, 5.74) is 2.03. The highest BCUT2D eigenvalue weighted by Gasteiger charge is 2.39. The third-order valence-corrected chi connectivity index (χ3v) is 4.15. The Bertz CT molecular complexity index is 468. The maximum absolute atomic E-state index is 12.4. The molecule has 0 aliphatic carbocycles. The fourth-order valence-corrected chi connectivity index (χ4v) is 3.21. The molecule has 2 aliphatic rings. The second-order valence-electron chi connectivity index (χ2n) is 5.45. The molecule has 1 N–H and O–H groups in total. The van der Waals surface area contributed by atoms with E-state index in [-0.39, 0.29) is 5.91 Å². The Morgan fingerprint density at radius 2 is 2.33 bits per heavy atom. The lowest BCUT2D eigenvalue weighted by molar-refractivity contribution is -0.132. The first-order valence-electron chi connectivity index (χ1n) is 6.66. The molecule has 0 unspecified atom stereocenters. The molecule has 1 aromatic heterocycles. The molecule has 0 radical (unpaired) electrons. The summed E-state index contributed by atoms with van der Waals surface area (Å²) >= 11 is 0. The van der Waals surface area contributed by atoms with E-state index >= 15 is 0 Å². The van der Waals surface area contributed by atoms with Crippen molar-refractivity contribution >= 4 is 5.91 Å². The van der Waals surface area contributed by atoms with Crippen LogP contribution in [0, 0.1) is 19.8 Å². The van der Waals surface area contributed by atoms with E-state index in [0.717, 1.165) is 37.4 Å². The number of amides is 1. The second kappa shape index (κ2) is 4.39. The molecule has 5 nitrogen and oxygen atoms in total. The van der Waals surface area contributed by atoms with Crippen LogP contribution in [0.5, 0.6) is 0 Å². The highest BCUT2D eigenvalue weighted by molar-refractivity contribution is 5.76. The Hall–Kier alpha value is -1.36. The third kappa shape index (κ3) is 1.92. The quantitative estimate of drug-likeness (QED) is 0.820. The van der Waals surface area contributed by atoms with E-state index in [1.807, 2.05) is 29.5 Å². The Labute approximate surface area is 107 Å². The second-order valence-corrected chi connectivity index (χ2v) is 5.45. The molecule has 18 heavy (non-hydrogen) atoms. The number of nitrogens with zero attached hydrogens (tertiary/aromatic N) is 3. The summed E-state index contributed by atoms with van der Waals surface area (Å²) in [6.45, 7) is 7.26. The van der Waals surface area contributed by atoms with Crippen molar-refractivity contribution in [1.82, 2.24) is 20.0 Å². The Morgan fingerprint density at radius 3 is 3.06 bits per heavy atom. The molecule has 3 heterocycles. The molecule has 5 heteroatoms. The van der Waals surface area contributed by atoms with Gasteiger partial charge in [-0.25, -0.2) is 0 Å². The van der Waals surface area contributed by atoms with Crippen molar-refractivity contribution in [3.8, 4) is 0 Å². The van der Waals surface area contributed by atoms with Crippen molar-refractivity contribution in [3.05, 3.63) is 17.5 Å². The van der Waals surface area contributed by atoms with Gasteiger partial charge in [-0.05, 0) is 32.3 Å². The molecule has 2 fully saturated rings. The van der Waals surface area contributed by atoms with Crippen molar-refractivity contribution in [3.63, 3.8) is 0 Å². The summed E-state index contributed by atoms with van der Waals surface area (Å²) in [5.74, 6) is 0.867. The molecular weight excluding hydrogens is 228 g/mol. The van der Waals surface area contributed by atoms with Gasteiger partial charge in [0.2, 0.25) is 5.91 Å². The van der Waals surface area contributed by atoms with Gasteiger partial charge in [-0.3, -0.25) is 9.48 Å². The van der Waals surface area contributed by atoms with E-state index < -0.39 is 0 Å². The molecule has 0 aromatic carbocycles. The molecule has 2 atom stereocenters. The monoisotopic (exact) mass is 248 g/mol. The zero-order valence-electron chi connectivity index (χ0n) is 11.0. The Morgan fingerprint density at radius 1 is 1.50 bits per heavy atom. The molecule has 0 spiro atoms. The van der Waals surface area contributed by atoms with Crippen LogP contribution in [0.25, 0.3) is 0 Å². The lowest BCUT2D eigenvalue weighted by Crippen LogP contribution is -2.41. The maximum Gasteiger partial charge on any atom is 0.244 e. The van der Waals surface area contributed by atoms with Gasteiger partial charge in [-0.15, -0.1) is 0 Å². The van der Waals surface area contributed by atoms with Crippen LogP contribution >= 0.6 is 0 Å². The zero-order chi connectivity index (χ0) is 12.7. The number of carbonyl (C=O) groups is 1. The van der Waals surface area contributed by atoms with Crippen molar-refractivity contribution in [2.75, 3.05) is 19.6 Å². The van der Waals surface area contributed by atoms with Gasteiger partial charge < -0.3 is 10.2 Å². The smallest absolute Gasteiger partial charge is 0.244 e. The standard InChI is InChI=1S/C13H20N4O/c1-9-5-10(2)17(15-9)8-13(18)16-4-3-11-6-14-7-12(11)16/h5,11-12,14H,3-4,6-8H2,1-2H3/t11-,12+/m0/s1. The minimum Gasteiger partial charge on any atom is -0.336 e. The molecule has 1 amide bonds. The number of rotatable bonds is 2. The molecular formula is C13H20N4O. The molecule has 1 aromatic rings. The van der Waals surface area contributed by atoms with Gasteiger partial charge in [0.05, 0.1) is 5.69 Å². The SMILES string of the molecule is Cc1cc(C)n(CC(=O)N2CC[C@H]3CNC[C@H]32)n1. The van der Waals surface area contributed by atoms with Crippen LogP contribution < -0.4 is 5.32 Å². The molecule has 0 saturated carbocycles. The van der Waals surface area contributed by atoms with Crippen LogP contribution in [0.15, 0.2) is 6.07 Å². The third-order valence-electron chi connectivity index (χ3n) is 4.15. The summed E-state index contributed by atoms with van der Waals surface area (Å²) in [7, 11) is 0. The lowest BCUT2D eigenvalue weighted by atomic mass is 10.1. The Balaban J connectivity index is 1.70. The van der Waals surface area contributed by atoms with Crippen LogP contribution in [-0.4, -0.2) is 46.3 Å². The predicted octanol–water partition coefficient (Wildman–Crippen LogP) is 0.320. The van der Waals surface area contributed by atoms with Gasteiger partial charge in [-0.2, -0.15) is 5.10 Å². The van der Waals surface area contributed by atoms with Crippen molar-refractivity contribution < 1.29 is 4.79 Å². The van der Waals surface area contributed by atoms with E-state index in [1.54, 1.807) is 0 Å². The van der Waals surface area contributed by atoms with E-state index in [9.17, 15) is 4.79 Å². The van der Waals surface area contributed by atoms with Gasteiger partial charge >= 0.3 is 0 Å². The van der Waals surface area contributed by atoms with Crippen LogP contribution in [0.4, 0.5) is 0 Å². The van der Waals surface area contributed by atoms with Crippen LogP contribution in [-0.2, 0) is 11.3 Å². The van der Waals surface area contributed by atoms with Gasteiger partial charge in [0.25, 0.3) is 0 Å². The summed E-state index contributed by atoms with van der Waals surface area (Å²) in [4.78, 5) is 14.4. The molecule has 2 aliphatic heterocycles. The van der Waals surface area contributed by atoms with E-state index in [0.29, 0.717) is 18.5 Å². The van der Waals surface area contributed by atoms with Gasteiger partial charge in [0, 0.05) is 31.4 Å². The van der Waals surface area contributed by atoms with Crippen LogP contribution in [0.1, 0.15) is 17.8 Å². The van der Waals surface area contributed by atoms with Crippen LogP contribution in [0.3, 0.4) is 0 Å². The van der Waals surface area contributed by atoms with Gasteiger partial charge in [-0.1, -0.05) is 0 Å². The number of aryl methyl sites for hydroxylation is 2. The molecule has 2 saturated heterocycles. The number of carbonyl (C=O) groups excluding carboxylic acids is 1. The normalized spacial score (nSPS) is 26.7. The first-order valence-corrected chi connectivity index (χ1v) is 6.66. The zero-order valence-corrected chi connectivity index (χ0v) is 11.0. The highest BCUT2D eigenvalue weighted by Crippen LogP contribution is 2.27. The molecule has 98 valence electrons. The largest absolute Gasteiger partial charge is 0.336 e. The number of aromatic nitrogens is 2. The number of likely N-dealkylation sites (tertiary alicyclic amines) is 1. The fraction of sp³-hybridized carbons (Fsp3) is 0.692. The first-order chi connectivity index (χ1) is 8.65. The summed E-state index contributed by atoms with van der Waals surface area (Å²) in [5, 5.41) is 7.73. The van der Waals surface area contributed by atoms with E-state index in [4.69, 9.17) is 0 Å². The lowest BCUT2D eigenvalue weighted by Gasteiger charge is -2.23. The average molecular weight is 248 g/mol. The van der Waals surface area contributed by atoms with Gasteiger partial charge in [0.1, 0.15) is 6.54 Å². The number of nitrogens with one attached hydrogen (secondary N) is 1. The fourth-order valence-electron chi connectivity index (χ4n) is 3.21. The van der Waals surface area contributed by atoms with E-state index in [1.165, 1.54) is 0 Å². The summed E-state index contributed by atoms with van der Waals surface area (Å²) < 4.78 is 1.81. The highest BCUT2D eigenvalue weighted by atomic mass is 16.2. The summed E-state index contributed by atoms with van der Waals surface area (Å²) in [6, 6.07) is 2.42. The average Bonchev–Trinajstić information content (AvgIpc) is 2.94. The Kier molecular flexibility index (Phi) is 2.86. The van der Waals surface area contributed by atoms with Gasteiger partial charge in [0.15, 0.2) is 0 Å². The maximum atomic E-state index is 12.4. The molecule has 3 rings (SSSR count). The first kappa shape index (κ1) is 11.7. The number of hydrogen-bond donors (Lipinski definition) is 1. The number of fused-ring (bicyclic) bond motifs is 1. The topological polar surface area (TPSA) is 50.2 Å². The minimum atomic E-state index is 0.206. The molecule has 0 bridgehead atoms. The van der Waals surface area contributed by atoms with Crippen LogP contribution in [0.2, 0.25) is 0 Å². The predicted molar refractivity (Wildman–Crippen MR) is 68.2 cm³/mol. The van der Waals surface area contributed by atoms with E-state index in [2.05, 4.69) is 10.4 Å².